The van der Waals surface area contributed by atoms with E-state index in [1.54, 1.807) is 18.5 Å². The lowest BCUT2D eigenvalue weighted by Crippen LogP contribution is -2.13. The molecule has 6 nitrogen and oxygen atoms in total. The Labute approximate surface area is 160 Å². The van der Waals surface area contributed by atoms with Crippen LogP contribution in [0.2, 0.25) is 0 Å². The van der Waals surface area contributed by atoms with E-state index in [0.29, 0.717) is 16.2 Å². The molecule has 2 aromatic carbocycles. The van der Waals surface area contributed by atoms with Gasteiger partial charge in [-0.1, -0.05) is 42.1 Å². The fourth-order valence-corrected chi connectivity index (χ4v) is 3.56. The van der Waals surface area contributed by atoms with E-state index in [1.807, 2.05) is 34.9 Å². The molecule has 0 fully saturated rings. The molecule has 0 unspecified atom stereocenters. The number of benzene rings is 2. The average molecular weight is 372 g/mol. The van der Waals surface area contributed by atoms with Crippen LogP contribution in [-0.4, -0.2) is 19.5 Å². The Hall–Kier alpha value is -3.37. The Morgan fingerprint density at radius 1 is 1.11 bits per heavy atom. The Morgan fingerprint density at radius 2 is 1.89 bits per heavy atom. The van der Waals surface area contributed by atoms with Gasteiger partial charge in [0.15, 0.2) is 16.3 Å². The smallest absolute Gasteiger partial charge is 0.173 e. The lowest BCUT2D eigenvalue weighted by molar-refractivity contribution is 0.691. The van der Waals surface area contributed by atoms with Gasteiger partial charge in [-0.25, -0.2) is 9.97 Å². The van der Waals surface area contributed by atoms with Crippen LogP contribution in [0.3, 0.4) is 0 Å². The number of nitrogens with one attached hydrogen (secondary N) is 2. The van der Waals surface area contributed by atoms with E-state index in [9.17, 15) is 0 Å². The normalized spacial score (nSPS) is 10.8. The first-order valence-corrected chi connectivity index (χ1v) is 9.26. The number of fused-ring (bicyclic) bond motifs is 1. The minimum absolute atomic E-state index is 0.181. The van der Waals surface area contributed by atoms with Crippen LogP contribution in [-0.2, 0) is 13.0 Å². The minimum Gasteiger partial charge on any atom is -0.328 e. The molecule has 0 bridgehead atoms. The summed E-state index contributed by atoms with van der Waals surface area (Å²) in [5.74, 6) is 0. The first-order valence-electron chi connectivity index (χ1n) is 8.44. The second kappa shape index (κ2) is 7.48. The van der Waals surface area contributed by atoms with Crippen LogP contribution < -0.4 is 5.49 Å². The molecule has 4 rings (SSSR count). The van der Waals surface area contributed by atoms with E-state index in [1.165, 1.54) is 17.3 Å². The van der Waals surface area contributed by atoms with Gasteiger partial charge in [0, 0.05) is 11.4 Å². The summed E-state index contributed by atoms with van der Waals surface area (Å²) >= 11 is 1.46. The van der Waals surface area contributed by atoms with Crippen molar-refractivity contribution in [3.8, 4) is 6.07 Å². The number of aromatic amines is 1. The molecule has 27 heavy (non-hydrogen) atoms. The van der Waals surface area contributed by atoms with Crippen molar-refractivity contribution in [2.75, 3.05) is 0 Å². The monoisotopic (exact) mass is 372 g/mol. The largest absolute Gasteiger partial charge is 0.328 e. The van der Waals surface area contributed by atoms with Crippen LogP contribution in [0.15, 0.2) is 71.0 Å². The molecule has 7 heteroatoms. The Morgan fingerprint density at radius 3 is 2.63 bits per heavy atom. The SMILES string of the molecule is N#Cc1ccc(Sc2nc3c([nH]2)c(=N)ncn3CCc2ccccc2)cc1. The number of aryl methyl sites for hydroxylation is 2. The van der Waals surface area contributed by atoms with Crippen molar-refractivity contribution in [3.63, 3.8) is 0 Å². The second-order valence-electron chi connectivity index (χ2n) is 6.00. The second-order valence-corrected chi connectivity index (χ2v) is 7.06. The van der Waals surface area contributed by atoms with E-state index < -0.39 is 0 Å². The lowest BCUT2D eigenvalue weighted by atomic mass is 10.1. The molecule has 2 aromatic heterocycles. The average Bonchev–Trinajstić information content (AvgIpc) is 3.13. The maximum atomic E-state index is 8.90. The fraction of sp³-hybridized carbons (Fsp3) is 0.100. The van der Waals surface area contributed by atoms with Gasteiger partial charge in [-0.2, -0.15) is 5.26 Å². The van der Waals surface area contributed by atoms with E-state index in [4.69, 9.17) is 10.7 Å². The summed E-state index contributed by atoms with van der Waals surface area (Å²) in [4.78, 5) is 13.0. The van der Waals surface area contributed by atoms with E-state index in [-0.39, 0.29) is 5.49 Å². The molecule has 0 saturated heterocycles. The highest BCUT2D eigenvalue weighted by Crippen LogP contribution is 2.26. The highest BCUT2D eigenvalue weighted by Gasteiger charge is 2.10. The van der Waals surface area contributed by atoms with Gasteiger partial charge in [0.1, 0.15) is 5.52 Å². The van der Waals surface area contributed by atoms with Gasteiger partial charge >= 0.3 is 0 Å². The third-order valence-electron chi connectivity index (χ3n) is 4.18. The molecule has 0 atom stereocenters. The molecule has 0 aliphatic carbocycles. The van der Waals surface area contributed by atoms with Crippen molar-refractivity contribution in [3.05, 3.63) is 77.5 Å². The first-order chi connectivity index (χ1) is 13.2. The highest BCUT2D eigenvalue weighted by molar-refractivity contribution is 7.99. The van der Waals surface area contributed by atoms with Gasteiger partial charge in [0.2, 0.25) is 0 Å². The Kier molecular flexibility index (Phi) is 4.73. The maximum absolute atomic E-state index is 8.90. The predicted molar refractivity (Wildman–Crippen MR) is 103 cm³/mol. The van der Waals surface area contributed by atoms with Crippen LogP contribution in [0.1, 0.15) is 11.1 Å². The molecular weight excluding hydrogens is 356 g/mol. The topological polar surface area (TPSA) is 94.1 Å². The van der Waals surface area contributed by atoms with Crippen LogP contribution in [0, 0.1) is 16.7 Å². The summed E-state index contributed by atoms with van der Waals surface area (Å²) < 4.78 is 1.97. The first kappa shape index (κ1) is 17.1. The number of nitrogens with zero attached hydrogens (tertiary/aromatic N) is 4. The van der Waals surface area contributed by atoms with Crippen molar-refractivity contribution >= 4 is 22.9 Å². The molecule has 2 heterocycles. The number of rotatable bonds is 5. The standard InChI is InChI=1S/C20H16N6S/c21-12-15-6-8-16(9-7-15)27-20-24-17-18(22)23-13-26(19(17)25-20)11-10-14-4-2-1-3-5-14/h1-9,13,22H,10-11H2,(H,24,25). The van der Waals surface area contributed by atoms with Crippen molar-refractivity contribution in [2.24, 2.45) is 0 Å². The molecular formula is C20H16N6S. The highest BCUT2D eigenvalue weighted by atomic mass is 32.2. The molecule has 4 aromatic rings. The van der Waals surface area contributed by atoms with Crippen molar-refractivity contribution < 1.29 is 0 Å². The molecule has 132 valence electrons. The van der Waals surface area contributed by atoms with Crippen LogP contribution in [0.25, 0.3) is 11.2 Å². The van der Waals surface area contributed by atoms with E-state index >= 15 is 0 Å². The van der Waals surface area contributed by atoms with Gasteiger partial charge in [-0.15, -0.1) is 0 Å². The van der Waals surface area contributed by atoms with Crippen LogP contribution >= 0.6 is 11.8 Å². The van der Waals surface area contributed by atoms with E-state index in [2.05, 4.69) is 33.2 Å². The van der Waals surface area contributed by atoms with Gasteiger partial charge in [-0.3, -0.25) is 5.41 Å². The molecule has 0 amide bonds. The number of hydrogen-bond donors (Lipinski definition) is 2. The molecule has 0 saturated carbocycles. The number of aromatic nitrogens is 4. The number of imidazole rings is 1. The van der Waals surface area contributed by atoms with Crippen molar-refractivity contribution in [1.82, 2.24) is 19.5 Å². The van der Waals surface area contributed by atoms with Crippen molar-refractivity contribution in [1.29, 1.82) is 10.7 Å². The zero-order valence-corrected chi connectivity index (χ0v) is 15.2. The summed E-state index contributed by atoms with van der Waals surface area (Å²) in [5.41, 5.74) is 3.40. The number of nitriles is 1. The number of H-pyrrole nitrogens is 1. The van der Waals surface area contributed by atoms with E-state index in [0.717, 1.165) is 23.5 Å². The lowest BCUT2D eigenvalue weighted by Gasteiger charge is -2.06. The fourth-order valence-electron chi connectivity index (χ4n) is 2.78. The Balaban J connectivity index is 1.61. The minimum atomic E-state index is 0.181. The summed E-state index contributed by atoms with van der Waals surface area (Å²) in [6.45, 7) is 0.736. The summed E-state index contributed by atoms with van der Waals surface area (Å²) in [7, 11) is 0. The maximum Gasteiger partial charge on any atom is 0.173 e. The van der Waals surface area contributed by atoms with Crippen LogP contribution in [0.5, 0.6) is 0 Å². The van der Waals surface area contributed by atoms with Gasteiger partial charge in [0.25, 0.3) is 0 Å². The van der Waals surface area contributed by atoms with Gasteiger partial charge < -0.3 is 9.55 Å². The zero-order valence-electron chi connectivity index (χ0n) is 14.4. The summed E-state index contributed by atoms with van der Waals surface area (Å²) in [5, 5.41) is 17.7. The van der Waals surface area contributed by atoms with Gasteiger partial charge in [-0.05, 0) is 36.2 Å². The van der Waals surface area contributed by atoms with Crippen LogP contribution in [0.4, 0.5) is 0 Å². The van der Waals surface area contributed by atoms with Crippen molar-refractivity contribution in [2.45, 2.75) is 23.0 Å². The zero-order chi connectivity index (χ0) is 18.6. The molecule has 0 aliphatic heterocycles. The predicted octanol–water partition coefficient (Wildman–Crippen LogP) is 3.50. The molecule has 2 N–H and O–H groups in total. The quantitative estimate of drug-likeness (QED) is 0.560. The third-order valence-corrected chi connectivity index (χ3v) is 5.07. The molecule has 0 spiro atoms. The molecule has 0 aliphatic rings. The summed E-state index contributed by atoms with van der Waals surface area (Å²) in [6.07, 6.45) is 2.54. The Bertz CT molecular complexity index is 1170. The van der Waals surface area contributed by atoms with Gasteiger partial charge in [0.05, 0.1) is 18.0 Å². The summed E-state index contributed by atoms with van der Waals surface area (Å²) in [6, 6.07) is 19.7. The number of hydrogen-bond acceptors (Lipinski definition) is 5. The molecule has 0 radical (unpaired) electrons. The third kappa shape index (κ3) is 3.76.